The molecule has 7 nitrogen and oxygen atoms in total. The molecule has 1 aromatic heterocycles. The zero-order chi connectivity index (χ0) is 17.5. The predicted octanol–water partition coefficient (Wildman–Crippen LogP) is 4.00. The number of hydrogen-bond acceptors (Lipinski definition) is 6. The first-order valence-corrected chi connectivity index (χ1v) is 8.14. The molecule has 0 amide bonds. The van der Waals surface area contributed by atoms with Crippen molar-refractivity contribution < 1.29 is 4.84 Å². The van der Waals surface area contributed by atoms with Crippen molar-refractivity contribution in [1.29, 1.82) is 0 Å². The van der Waals surface area contributed by atoms with E-state index in [9.17, 15) is 0 Å². The summed E-state index contributed by atoms with van der Waals surface area (Å²) in [5, 5.41) is 21.6. The van der Waals surface area contributed by atoms with Crippen LogP contribution in [0, 0.1) is 0 Å². The Labute approximate surface area is 154 Å². The SMILES string of the molecule is Clc1cccc(Cl)c1Nc1ccccc1CC=NOCc1nn[nH]n1. The number of nitrogens with one attached hydrogen (secondary N) is 2. The van der Waals surface area contributed by atoms with E-state index in [0.717, 1.165) is 11.3 Å². The number of rotatable bonds is 7. The zero-order valence-electron chi connectivity index (χ0n) is 13.0. The van der Waals surface area contributed by atoms with Crippen molar-refractivity contribution in [3.05, 3.63) is 63.9 Å². The van der Waals surface area contributed by atoms with Crippen LogP contribution in [-0.4, -0.2) is 26.8 Å². The Morgan fingerprint density at radius 2 is 1.92 bits per heavy atom. The number of halogens is 2. The van der Waals surface area contributed by atoms with E-state index in [1.807, 2.05) is 24.3 Å². The van der Waals surface area contributed by atoms with Crippen LogP contribution in [0.15, 0.2) is 47.6 Å². The fraction of sp³-hybridized carbons (Fsp3) is 0.125. The minimum absolute atomic E-state index is 0.155. The number of H-pyrrole nitrogens is 1. The van der Waals surface area contributed by atoms with Crippen LogP contribution in [0.2, 0.25) is 10.0 Å². The maximum atomic E-state index is 6.21. The van der Waals surface area contributed by atoms with Gasteiger partial charge < -0.3 is 10.2 Å². The number of aromatic nitrogens is 4. The third-order valence-electron chi connectivity index (χ3n) is 3.28. The number of benzene rings is 2. The van der Waals surface area contributed by atoms with Gasteiger partial charge in [0.1, 0.15) is 0 Å². The lowest BCUT2D eigenvalue weighted by molar-refractivity contribution is 0.125. The molecule has 0 saturated carbocycles. The van der Waals surface area contributed by atoms with Crippen LogP contribution in [0.25, 0.3) is 0 Å². The van der Waals surface area contributed by atoms with E-state index in [0.29, 0.717) is 28.0 Å². The molecule has 0 aliphatic rings. The third kappa shape index (κ3) is 4.68. The number of tetrazole rings is 1. The molecule has 25 heavy (non-hydrogen) atoms. The maximum absolute atomic E-state index is 6.21. The number of aromatic amines is 1. The van der Waals surface area contributed by atoms with Crippen molar-refractivity contribution >= 4 is 40.8 Å². The Morgan fingerprint density at radius 3 is 2.68 bits per heavy atom. The van der Waals surface area contributed by atoms with Gasteiger partial charge in [0.25, 0.3) is 0 Å². The lowest BCUT2D eigenvalue weighted by Crippen LogP contribution is -1.98. The maximum Gasteiger partial charge on any atom is 0.214 e. The van der Waals surface area contributed by atoms with Crippen LogP contribution in [-0.2, 0) is 17.9 Å². The summed E-state index contributed by atoms with van der Waals surface area (Å²) in [4.78, 5) is 5.12. The van der Waals surface area contributed by atoms with Crippen LogP contribution in [0.1, 0.15) is 11.4 Å². The van der Waals surface area contributed by atoms with Gasteiger partial charge in [0, 0.05) is 18.3 Å². The number of nitrogens with zero attached hydrogens (tertiary/aromatic N) is 4. The van der Waals surface area contributed by atoms with E-state index in [1.54, 1.807) is 24.4 Å². The zero-order valence-corrected chi connectivity index (χ0v) is 14.5. The van der Waals surface area contributed by atoms with Crippen LogP contribution in [0.5, 0.6) is 0 Å². The fourth-order valence-corrected chi connectivity index (χ4v) is 2.59. The highest BCUT2D eigenvalue weighted by molar-refractivity contribution is 6.39. The molecular formula is C16H14Cl2N6O. The van der Waals surface area contributed by atoms with E-state index in [-0.39, 0.29) is 6.61 Å². The molecule has 0 bridgehead atoms. The molecule has 2 aromatic carbocycles. The van der Waals surface area contributed by atoms with Gasteiger partial charge in [-0.05, 0) is 23.8 Å². The van der Waals surface area contributed by atoms with Gasteiger partial charge in [0.05, 0.1) is 15.7 Å². The number of oxime groups is 1. The summed E-state index contributed by atoms with van der Waals surface area (Å²) in [5.74, 6) is 0.438. The van der Waals surface area contributed by atoms with Gasteiger partial charge in [-0.25, -0.2) is 0 Å². The van der Waals surface area contributed by atoms with Crippen LogP contribution >= 0.6 is 23.2 Å². The summed E-state index contributed by atoms with van der Waals surface area (Å²) >= 11 is 12.4. The lowest BCUT2D eigenvalue weighted by atomic mass is 10.1. The second-order valence-electron chi connectivity index (χ2n) is 4.97. The molecule has 9 heteroatoms. The number of para-hydroxylation sites is 2. The monoisotopic (exact) mass is 376 g/mol. The van der Waals surface area contributed by atoms with E-state index in [4.69, 9.17) is 28.0 Å². The van der Waals surface area contributed by atoms with Gasteiger partial charge in [-0.1, -0.05) is 57.8 Å². The molecule has 3 aromatic rings. The average Bonchev–Trinajstić information content (AvgIpc) is 3.12. The first-order chi connectivity index (χ1) is 12.2. The topological polar surface area (TPSA) is 88.1 Å². The van der Waals surface area contributed by atoms with Crippen molar-refractivity contribution in [2.24, 2.45) is 5.16 Å². The molecule has 0 aliphatic carbocycles. The Hall–Kier alpha value is -2.64. The van der Waals surface area contributed by atoms with Crippen molar-refractivity contribution in [2.45, 2.75) is 13.0 Å². The third-order valence-corrected chi connectivity index (χ3v) is 3.91. The first kappa shape index (κ1) is 17.2. The van der Waals surface area contributed by atoms with Gasteiger partial charge in [0.2, 0.25) is 5.82 Å². The fourth-order valence-electron chi connectivity index (χ4n) is 2.10. The van der Waals surface area contributed by atoms with Gasteiger partial charge in [-0.15, -0.1) is 10.2 Å². The van der Waals surface area contributed by atoms with Crippen molar-refractivity contribution in [1.82, 2.24) is 20.6 Å². The van der Waals surface area contributed by atoms with Gasteiger partial charge in [-0.2, -0.15) is 5.21 Å². The molecule has 0 radical (unpaired) electrons. The van der Waals surface area contributed by atoms with Crippen molar-refractivity contribution in [2.75, 3.05) is 5.32 Å². The van der Waals surface area contributed by atoms with E-state index in [1.165, 1.54) is 0 Å². The highest BCUT2D eigenvalue weighted by Crippen LogP contribution is 2.33. The predicted molar refractivity (Wildman–Crippen MR) is 97.3 cm³/mol. The lowest BCUT2D eigenvalue weighted by Gasteiger charge is -2.13. The van der Waals surface area contributed by atoms with Gasteiger partial charge in [-0.3, -0.25) is 0 Å². The smallest absolute Gasteiger partial charge is 0.214 e. The molecule has 0 aliphatic heterocycles. The second-order valence-corrected chi connectivity index (χ2v) is 5.79. The summed E-state index contributed by atoms with van der Waals surface area (Å²) in [7, 11) is 0. The number of anilines is 2. The summed E-state index contributed by atoms with van der Waals surface area (Å²) < 4.78 is 0. The molecule has 0 atom stereocenters. The Bertz CT molecular complexity index is 833. The molecule has 3 rings (SSSR count). The van der Waals surface area contributed by atoms with Crippen molar-refractivity contribution in [3.8, 4) is 0 Å². The standard InChI is InChI=1S/C16H14Cl2N6O/c17-12-5-3-6-13(18)16(12)20-14-7-2-1-4-11(14)8-9-19-25-10-15-21-23-24-22-15/h1-7,9,20H,8,10H2,(H,21,22,23,24). The first-order valence-electron chi connectivity index (χ1n) is 7.39. The van der Waals surface area contributed by atoms with E-state index in [2.05, 4.69) is 31.1 Å². The molecule has 0 unspecified atom stereocenters. The molecule has 0 fully saturated rings. The highest BCUT2D eigenvalue weighted by atomic mass is 35.5. The van der Waals surface area contributed by atoms with E-state index < -0.39 is 0 Å². The van der Waals surface area contributed by atoms with Crippen LogP contribution in [0.3, 0.4) is 0 Å². The highest BCUT2D eigenvalue weighted by Gasteiger charge is 2.08. The second kappa shape index (κ2) is 8.46. The summed E-state index contributed by atoms with van der Waals surface area (Å²) in [6.07, 6.45) is 2.23. The van der Waals surface area contributed by atoms with Crippen LogP contribution in [0.4, 0.5) is 11.4 Å². The van der Waals surface area contributed by atoms with Gasteiger partial charge >= 0.3 is 0 Å². The minimum Gasteiger partial charge on any atom is -0.388 e. The van der Waals surface area contributed by atoms with Crippen molar-refractivity contribution in [3.63, 3.8) is 0 Å². The van der Waals surface area contributed by atoms with E-state index >= 15 is 0 Å². The average molecular weight is 377 g/mol. The van der Waals surface area contributed by atoms with Crippen LogP contribution < -0.4 is 5.32 Å². The summed E-state index contributed by atoms with van der Waals surface area (Å²) in [6.45, 7) is 0.155. The largest absolute Gasteiger partial charge is 0.388 e. The Kier molecular flexibility index (Phi) is 5.81. The summed E-state index contributed by atoms with van der Waals surface area (Å²) in [5.41, 5.74) is 2.58. The Morgan fingerprint density at radius 1 is 1.12 bits per heavy atom. The van der Waals surface area contributed by atoms with Gasteiger partial charge in [0.15, 0.2) is 6.61 Å². The molecule has 0 saturated heterocycles. The molecule has 2 N–H and O–H groups in total. The normalized spacial score (nSPS) is 11.0. The quantitative estimate of drug-likeness (QED) is 0.480. The molecule has 128 valence electrons. The molecule has 1 heterocycles. The molecular weight excluding hydrogens is 363 g/mol. The minimum atomic E-state index is 0.155. The number of hydrogen-bond donors (Lipinski definition) is 2. The molecule has 0 spiro atoms. The Balaban J connectivity index is 1.64. The summed E-state index contributed by atoms with van der Waals surface area (Å²) in [6, 6.07) is 13.2.